The first-order chi connectivity index (χ1) is 6.54. The van der Waals surface area contributed by atoms with E-state index < -0.39 is 0 Å². The Labute approximate surface area is 86.2 Å². The van der Waals surface area contributed by atoms with E-state index in [1.165, 1.54) is 5.56 Å². The van der Waals surface area contributed by atoms with Crippen LogP contribution in [0.3, 0.4) is 0 Å². The normalized spacial score (nSPS) is 10.9. The largest absolute Gasteiger partial charge is 0.507 e. The second-order valence-electron chi connectivity index (χ2n) is 3.92. The van der Waals surface area contributed by atoms with Gasteiger partial charge in [-0.15, -0.1) is 0 Å². The van der Waals surface area contributed by atoms with Crippen LogP contribution >= 0.6 is 0 Å². The van der Waals surface area contributed by atoms with Crippen LogP contribution < -0.4 is 0 Å². The van der Waals surface area contributed by atoms with Gasteiger partial charge in [-0.05, 0) is 33.0 Å². The lowest BCUT2D eigenvalue weighted by Gasteiger charge is -2.16. The van der Waals surface area contributed by atoms with Crippen molar-refractivity contribution < 1.29 is 5.11 Å². The summed E-state index contributed by atoms with van der Waals surface area (Å²) in [4.78, 5) is 2.17. The lowest BCUT2D eigenvalue weighted by Crippen LogP contribution is -2.17. The summed E-state index contributed by atoms with van der Waals surface area (Å²) in [7, 11) is 2.05. The van der Waals surface area contributed by atoms with Crippen LogP contribution in [-0.4, -0.2) is 23.6 Å². The molecule has 0 fully saturated rings. The van der Waals surface area contributed by atoms with Crippen molar-refractivity contribution in [3.63, 3.8) is 0 Å². The first-order valence-electron chi connectivity index (χ1n) is 5.02. The smallest absolute Gasteiger partial charge is 0.122 e. The fourth-order valence-corrected chi connectivity index (χ4v) is 1.57. The highest BCUT2D eigenvalue weighted by Gasteiger charge is 2.06. The molecule has 2 heteroatoms. The van der Waals surface area contributed by atoms with Gasteiger partial charge in [0, 0.05) is 12.1 Å². The summed E-state index contributed by atoms with van der Waals surface area (Å²) in [6.07, 6.45) is 0. The molecule has 0 unspecified atom stereocenters. The molecule has 0 amide bonds. The number of nitrogens with zero attached hydrogens (tertiary/aromatic N) is 1. The molecule has 0 radical (unpaired) electrons. The number of hydrogen-bond donors (Lipinski definition) is 1. The first kappa shape index (κ1) is 11.1. The van der Waals surface area contributed by atoms with Gasteiger partial charge in [0.25, 0.3) is 0 Å². The first-order valence-corrected chi connectivity index (χ1v) is 5.02. The Hall–Kier alpha value is -1.02. The van der Waals surface area contributed by atoms with Gasteiger partial charge < -0.3 is 10.0 Å². The van der Waals surface area contributed by atoms with E-state index >= 15 is 0 Å². The molecule has 0 saturated carbocycles. The average Bonchev–Trinajstić information content (AvgIpc) is 2.13. The molecule has 2 nitrogen and oxygen atoms in total. The van der Waals surface area contributed by atoms with E-state index in [0.29, 0.717) is 5.75 Å². The second-order valence-corrected chi connectivity index (χ2v) is 3.92. The maximum absolute atomic E-state index is 9.84. The molecule has 1 N–H and O–H groups in total. The van der Waals surface area contributed by atoms with Gasteiger partial charge >= 0.3 is 0 Å². The van der Waals surface area contributed by atoms with Crippen LogP contribution in [0, 0.1) is 13.8 Å². The molecule has 0 aliphatic carbocycles. The molecule has 0 aliphatic heterocycles. The van der Waals surface area contributed by atoms with Crippen LogP contribution in [0.25, 0.3) is 0 Å². The zero-order valence-corrected chi connectivity index (χ0v) is 9.46. The molecule has 1 aromatic rings. The highest BCUT2D eigenvalue weighted by Crippen LogP contribution is 2.24. The van der Waals surface area contributed by atoms with Crippen LogP contribution in [0.5, 0.6) is 5.75 Å². The van der Waals surface area contributed by atoms with Gasteiger partial charge in [0.1, 0.15) is 5.75 Å². The summed E-state index contributed by atoms with van der Waals surface area (Å²) in [5, 5.41) is 9.84. The third-order valence-corrected chi connectivity index (χ3v) is 2.50. The van der Waals surface area contributed by atoms with Gasteiger partial charge in [0.2, 0.25) is 0 Å². The van der Waals surface area contributed by atoms with Crippen molar-refractivity contribution in [1.29, 1.82) is 0 Å². The lowest BCUT2D eigenvalue weighted by atomic mass is 10.1. The van der Waals surface area contributed by atoms with Gasteiger partial charge in [0.05, 0.1) is 0 Å². The van der Waals surface area contributed by atoms with E-state index in [-0.39, 0.29) is 0 Å². The topological polar surface area (TPSA) is 23.5 Å². The molecule has 0 aromatic heterocycles. The maximum atomic E-state index is 9.84. The minimum atomic E-state index is 0.441. The Morgan fingerprint density at radius 2 is 1.93 bits per heavy atom. The molecule has 14 heavy (non-hydrogen) atoms. The van der Waals surface area contributed by atoms with E-state index in [1.54, 1.807) is 0 Å². The summed E-state index contributed by atoms with van der Waals surface area (Å²) >= 11 is 0. The molecular formula is C12H19NO. The number of aryl methyl sites for hydroxylation is 2. The van der Waals surface area contributed by atoms with Gasteiger partial charge in [-0.1, -0.05) is 24.6 Å². The van der Waals surface area contributed by atoms with E-state index in [9.17, 15) is 5.11 Å². The molecule has 0 aliphatic rings. The molecular weight excluding hydrogens is 174 g/mol. The zero-order valence-electron chi connectivity index (χ0n) is 9.46. The highest BCUT2D eigenvalue weighted by atomic mass is 16.3. The predicted molar refractivity (Wildman–Crippen MR) is 59.6 cm³/mol. The number of aromatic hydroxyl groups is 1. The van der Waals surface area contributed by atoms with Crippen molar-refractivity contribution in [3.05, 3.63) is 28.8 Å². The SMILES string of the molecule is CCN(C)Cc1cc(C)cc(C)c1O. The van der Waals surface area contributed by atoms with Crippen molar-refractivity contribution >= 4 is 0 Å². The molecule has 78 valence electrons. The van der Waals surface area contributed by atoms with E-state index in [0.717, 1.165) is 24.2 Å². The highest BCUT2D eigenvalue weighted by molar-refractivity contribution is 5.42. The van der Waals surface area contributed by atoms with Crippen molar-refractivity contribution in [2.75, 3.05) is 13.6 Å². The van der Waals surface area contributed by atoms with E-state index in [2.05, 4.69) is 31.9 Å². The van der Waals surface area contributed by atoms with Crippen molar-refractivity contribution in [2.24, 2.45) is 0 Å². The van der Waals surface area contributed by atoms with Crippen molar-refractivity contribution in [2.45, 2.75) is 27.3 Å². The van der Waals surface area contributed by atoms with E-state index in [4.69, 9.17) is 0 Å². The zero-order chi connectivity index (χ0) is 10.7. The molecule has 0 saturated heterocycles. The third kappa shape index (κ3) is 2.48. The third-order valence-electron chi connectivity index (χ3n) is 2.50. The summed E-state index contributed by atoms with van der Waals surface area (Å²) in [5.41, 5.74) is 3.19. The van der Waals surface area contributed by atoms with Crippen LogP contribution in [0.1, 0.15) is 23.6 Å². The Kier molecular flexibility index (Phi) is 3.53. The molecule has 1 aromatic carbocycles. The molecule has 0 heterocycles. The number of phenols is 1. The summed E-state index contributed by atoms with van der Waals surface area (Å²) in [6.45, 7) is 7.91. The molecule has 0 bridgehead atoms. The van der Waals surface area contributed by atoms with Crippen LogP contribution in [0.4, 0.5) is 0 Å². The predicted octanol–water partition coefficient (Wildman–Crippen LogP) is 2.46. The van der Waals surface area contributed by atoms with Crippen molar-refractivity contribution in [3.8, 4) is 5.75 Å². The van der Waals surface area contributed by atoms with Gasteiger partial charge in [-0.3, -0.25) is 0 Å². The average molecular weight is 193 g/mol. The number of benzene rings is 1. The Balaban J connectivity index is 2.96. The fourth-order valence-electron chi connectivity index (χ4n) is 1.57. The molecule has 0 spiro atoms. The Morgan fingerprint density at radius 3 is 2.50 bits per heavy atom. The molecule has 0 atom stereocenters. The van der Waals surface area contributed by atoms with Crippen LogP contribution in [0.2, 0.25) is 0 Å². The van der Waals surface area contributed by atoms with Gasteiger partial charge in [-0.2, -0.15) is 0 Å². The minimum Gasteiger partial charge on any atom is -0.507 e. The van der Waals surface area contributed by atoms with Crippen LogP contribution in [-0.2, 0) is 6.54 Å². The molecule has 1 rings (SSSR count). The standard InChI is InChI=1S/C12H19NO/c1-5-13(4)8-11-7-9(2)6-10(3)12(11)14/h6-7,14H,5,8H2,1-4H3. The Bertz CT molecular complexity index is 320. The van der Waals surface area contributed by atoms with Gasteiger partial charge in [0.15, 0.2) is 0 Å². The summed E-state index contributed by atoms with van der Waals surface area (Å²) < 4.78 is 0. The maximum Gasteiger partial charge on any atom is 0.122 e. The fraction of sp³-hybridized carbons (Fsp3) is 0.500. The second kappa shape index (κ2) is 4.47. The minimum absolute atomic E-state index is 0.441. The van der Waals surface area contributed by atoms with Crippen LogP contribution in [0.15, 0.2) is 12.1 Å². The lowest BCUT2D eigenvalue weighted by molar-refractivity contribution is 0.337. The van der Waals surface area contributed by atoms with E-state index in [1.807, 2.05) is 13.0 Å². The van der Waals surface area contributed by atoms with Gasteiger partial charge in [-0.25, -0.2) is 0 Å². The number of rotatable bonds is 3. The van der Waals surface area contributed by atoms with Crippen molar-refractivity contribution in [1.82, 2.24) is 4.90 Å². The number of hydrogen-bond acceptors (Lipinski definition) is 2. The summed E-state index contributed by atoms with van der Waals surface area (Å²) in [5.74, 6) is 0.441. The monoisotopic (exact) mass is 193 g/mol. The number of phenolic OH excluding ortho intramolecular Hbond substituents is 1. The quantitative estimate of drug-likeness (QED) is 0.797. The summed E-state index contributed by atoms with van der Waals surface area (Å²) in [6, 6.07) is 4.05. The Morgan fingerprint density at radius 1 is 1.29 bits per heavy atom.